The predicted molar refractivity (Wildman–Crippen MR) is 100 cm³/mol. The summed E-state index contributed by atoms with van der Waals surface area (Å²) in [7, 11) is 0. The number of nitrogens with one attached hydrogen (secondary N) is 2. The lowest BCUT2D eigenvalue weighted by Gasteiger charge is -2.23. The van der Waals surface area contributed by atoms with E-state index in [2.05, 4.69) is 10.6 Å². The van der Waals surface area contributed by atoms with Crippen molar-refractivity contribution in [3.63, 3.8) is 0 Å². The van der Waals surface area contributed by atoms with E-state index in [1.165, 1.54) is 0 Å². The molecule has 1 saturated carbocycles. The second-order valence-electron chi connectivity index (χ2n) is 7.55. The monoisotopic (exact) mass is 373 g/mol. The lowest BCUT2D eigenvalue weighted by molar-refractivity contribution is -0.149. The van der Waals surface area contributed by atoms with E-state index < -0.39 is 11.4 Å². The lowest BCUT2D eigenvalue weighted by Crippen LogP contribution is -2.41. The summed E-state index contributed by atoms with van der Waals surface area (Å²) in [5.74, 6) is -0.863. The minimum absolute atomic E-state index is 0.0475. The summed E-state index contributed by atoms with van der Waals surface area (Å²) in [6, 6.07) is 6.92. The van der Waals surface area contributed by atoms with Gasteiger partial charge in [-0.2, -0.15) is 0 Å². The summed E-state index contributed by atoms with van der Waals surface area (Å²) >= 11 is 0. The van der Waals surface area contributed by atoms with E-state index in [9.17, 15) is 19.5 Å². The number of rotatable bonds is 6. The van der Waals surface area contributed by atoms with Crippen molar-refractivity contribution in [1.82, 2.24) is 15.5 Å². The number of hydrogen-bond acceptors (Lipinski definition) is 3. The van der Waals surface area contributed by atoms with Gasteiger partial charge < -0.3 is 20.6 Å². The fourth-order valence-corrected chi connectivity index (χ4v) is 4.25. The third-order valence-corrected chi connectivity index (χ3v) is 5.75. The molecule has 1 heterocycles. The van der Waals surface area contributed by atoms with Crippen LogP contribution in [0.5, 0.6) is 0 Å². The number of hydrogen-bond donors (Lipinski definition) is 3. The van der Waals surface area contributed by atoms with Gasteiger partial charge in [-0.05, 0) is 42.9 Å². The number of carboxylic acid groups (broad SMARTS) is 1. The number of fused-ring (bicyclic) bond motifs is 1. The van der Waals surface area contributed by atoms with Gasteiger partial charge in [0.2, 0.25) is 0 Å². The van der Waals surface area contributed by atoms with Gasteiger partial charge in [-0.15, -0.1) is 0 Å². The Hall–Kier alpha value is -2.57. The Labute approximate surface area is 159 Å². The predicted octanol–water partition coefficient (Wildman–Crippen LogP) is 2.22. The van der Waals surface area contributed by atoms with Gasteiger partial charge in [-0.3, -0.25) is 9.59 Å². The Balaban J connectivity index is 1.57. The van der Waals surface area contributed by atoms with Crippen molar-refractivity contribution in [1.29, 1.82) is 0 Å². The highest BCUT2D eigenvalue weighted by Crippen LogP contribution is 2.48. The van der Waals surface area contributed by atoms with Gasteiger partial charge in [0.05, 0.1) is 5.41 Å². The molecule has 27 heavy (non-hydrogen) atoms. The molecule has 7 heteroatoms. The van der Waals surface area contributed by atoms with E-state index >= 15 is 0 Å². The highest BCUT2D eigenvalue weighted by atomic mass is 16.4. The molecule has 2 aliphatic rings. The maximum Gasteiger partial charge on any atom is 0.317 e. The molecule has 0 unspecified atom stereocenters. The maximum atomic E-state index is 12.5. The second kappa shape index (κ2) is 7.98. The summed E-state index contributed by atoms with van der Waals surface area (Å²) in [4.78, 5) is 37.9. The summed E-state index contributed by atoms with van der Waals surface area (Å²) in [6.45, 7) is 3.69. The smallest absolute Gasteiger partial charge is 0.317 e. The van der Waals surface area contributed by atoms with Crippen LogP contribution in [0.1, 0.15) is 48.5 Å². The number of carboxylic acids is 1. The van der Waals surface area contributed by atoms with Crippen molar-refractivity contribution in [3.05, 3.63) is 35.4 Å². The van der Waals surface area contributed by atoms with E-state index in [1.807, 2.05) is 13.0 Å². The molecule has 1 saturated heterocycles. The Morgan fingerprint density at radius 3 is 2.81 bits per heavy atom. The van der Waals surface area contributed by atoms with Gasteiger partial charge in [0.25, 0.3) is 5.91 Å². The fourth-order valence-electron chi connectivity index (χ4n) is 4.25. The standard InChI is InChI=1S/C20H27N3O4/c1-2-9-21-17(24)15-6-3-5-14(10-15)11-22-19(27)23-12-16-7-4-8-20(16,13-23)18(25)26/h3,5-6,10,16H,2,4,7-9,11-13H2,1H3,(H,21,24)(H,22,27)(H,25,26)/t16-,20+/m0/s1. The van der Waals surface area contributed by atoms with E-state index in [0.717, 1.165) is 24.8 Å². The van der Waals surface area contributed by atoms with Crippen LogP contribution >= 0.6 is 0 Å². The first-order chi connectivity index (χ1) is 13.0. The first kappa shape index (κ1) is 19.2. The highest BCUT2D eigenvalue weighted by Gasteiger charge is 2.55. The van der Waals surface area contributed by atoms with E-state index in [0.29, 0.717) is 31.6 Å². The molecule has 3 N–H and O–H groups in total. The zero-order chi connectivity index (χ0) is 19.4. The Kier molecular flexibility index (Phi) is 5.68. The lowest BCUT2D eigenvalue weighted by atomic mass is 9.81. The first-order valence-electron chi connectivity index (χ1n) is 9.59. The van der Waals surface area contributed by atoms with Gasteiger partial charge in [0, 0.05) is 31.7 Å². The molecule has 3 amide bonds. The largest absolute Gasteiger partial charge is 0.481 e. The van der Waals surface area contributed by atoms with Gasteiger partial charge in [-0.1, -0.05) is 25.5 Å². The molecular weight excluding hydrogens is 346 g/mol. The van der Waals surface area contributed by atoms with E-state index in [4.69, 9.17) is 0 Å². The van der Waals surface area contributed by atoms with Gasteiger partial charge in [-0.25, -0.2) is 4.79 Å². The molecule has 1 aromatic carbocycles. The summed E-state index contributed by atoms with van der Waals surface area (Å²) in [5.41, 5.74) is 0.629. The molecule has 3 rings (SSSR count). The van der Waals surface area contributed by atoms with Crippen molar-refractivity contribution in [3.8, 4) is 0 Å². The van der Waals surface area contributed by atoms with Crippen molar-refractivity contribution in [2.45, 2.75) is 39.2 Å². The number of urea groups is 1. The Bertz CT molecular complexity index is 736. The number of amides is 3. The average Bonchev–Trinajstić information content (AvgIpc) is 3.23. The number of nitrogens with zero attached hydrogens (tertiary/aromatic N) is 1. The molecule has 2 atom stereocenters. The normalized spacial score (nSPS) is 23.7. The number of carbonyl (C=O) groups is 3. The zero-order valence-electron chi connectivity index (χ0n) is 15.7. The molecule has 0 spiro atoms. The minimum atomic E-state index is -0.786. The molecular formula is C20H27N3O4. The van der Waals surface area contributed by atoms with Gasteiger partial charge in [0.1, 0.15) is 0 Å². The van der Waals surface area contributed by atoms with Crippen molar-refractivity contribution < 1.29 is 19.5 Å². The summed E-state index contributed by atoms with van der Waals surface area (Å²) in [6.07, 6.45) is 3.30. The second-order valence-corrected chi connectivity index (χ2v) is 7.55. The molecule has 0 aromatic heterocycles. The molecule has 2 fully saturated rings. The van der Waals surface area contributed by atoms with Crippen LogP contribution < -0.4 is 10.6 Å². The van der Waals surface area contributed by atoms with Gasteiger partial charge >= 0.3 is 12.0 Å². The van der Waals surface area contributed by atoms with Crippen LogP contribution in [-0.4, -0.2) is 47.5 Å². The number of aliphatic carboxylic acids is 1. The Morgan fingerprint density at radius 1 is 1.30 bits per heavy atom. The number of benzene rings is 1. The highest BCUT2D eigenvalue weighted by molar-refractivity contribution is 5.94. The third-order valence-electron chi connectivity index (χ3n) is 5.75. The van der Waals surface area contributed by atoms with Crippen LogP contribution in [0.15, 0.2) is 24.3 Å². The molecule has 1 aliphatic carbocycles. The molecule has 1 aromatic rings. The molecule has 1 aliphatic heterocycles. The molecule has 0 bridgehead atoms. The number of likely N-dealkylation sites (tertiary alicyclic amines) is 1. The van der Waals surface area contributed by atoms with Crippen LogP contribution in [0, 0.1) is 11.3 Å². The molecule has 146 valence electrons. The number of carbonyl (C=O) groups excluding carboxylic acids is 2. The zero-order valence-corrected chi connectivity index (χ0v) is 15.7. The third kappa shape index (κ3) is 3.91. The Morgan fingerprint density at radius 2 is 2.11 bits per heavy atom. The van der Waals surface area contributed by atoms with Gasteiger partial charge in [0.15, 0.2) is 0 Å². The van der Waals surface area contributed by atoms with Crippen molar-refractivity contribution in [2.75, 3.05) is 19.6 Å². The van der Waals surface area contributed by atoms with Crippen LogP contribution in [0.2, 0.25) is 0 Å². The van der Waals surface area contributed by atoms with Crippen LogP contribution in [0.25, 0.3) is 0 Å². The fraction of sp³-hybridized carbons (Fsp3) is 0.550. The van der Waals surface area contributed by atoms with Crippen molar-refractivity contribution >= 4 is 17.9 Å². The molecule has 7 nitrogen and oxygen atoms in total. The quantitative estimate of drug-likeness (QED) is 0.712. The summed E-state index contributed by atoms with van der Waals surface area (Å²) < 4.78 is 0. The van der Waals surface area contributed by atoms with E-state index in [1.54, 1.807) is 23.1 Å². The molecule has 0 radical (unpaired) electrons. The van der Waals surface area contributed by atoms with Crippen LogP contribution in [0.3, 0.4) is 0 Å². The van der Waals surface area contributed by atoms with Crippen LogP contribution in [-0.2, 0) is 11.3 Å². The van der Waals surface area contributed by atoms with Crippen molar-refractivity contribution in [2.24, 2.45) is 11.3 Å². The average molecular weight is 373 g/mol. The summed E-state index contributed by atoms with van der Waals surface area (Å²) in [5, 5.41) is 15.3. The van der Waals surface area contributed by atoms with E-state index in [-0.39, 0.29) is 24.4 Å². The maximum absolute atomic E-state index is 12.5. The topological polar surface area (TPSA) is 98.7 Å². The first-order valence-corrected chi connectivity index (χ1v) is 9.59. The SMILES string of the molecule is CCCNC(=O)c1cccc(CNC(=O)N2C[C@@H]3CCC[C@@]3(C(=O)O)C2)c1. The minimum Gasteiger partial charge on any atom is -0.481 e. The van der Waals surface area contributed by atoms with Crippen LogP contribution in [0.4, 0.5) is 4.79 Å².